The molecule has 0 bridgehead atoms. The molecular formula is C23H23FN4S. The van der Waals surface area contributed by atoms with E-state index in [4.69, 9.17) is 9.97 Å². The third kappa shape index (κ3) is 3.50. The zero-order chi connectivity index (χ0) is 19.8. The van der Waals surface area contributed by atoms with Crippen molar-refractivity contribution in [3.8, 4) is 22.6 Å². The van der Waals surface area contributed by atoms with Crippen LogP contribution in [-0.2, 0) is 6.42 Å². The van der Waals surface area contributed by atoms with E-state index in [-0.39, 0.29) is 5.82 Å². The van der Waals surface area contributed by atoms with Crippen molar-refractivity contribution < 1.29 is 4.39 Å². The highest BCUT2D eigenvalue weighted by atomic mass is 32.2. The van der Waals surface area contributed by atoms with E-state index in [1.807, 2.05) is 18.5 Å². The third-order valence-electron chi connectivity index (χ3n) is 5.83. The quantitative estimate of drug-likeness (QED) is 0.309. The van der Waals surface area contributed by atoms with Crippen LogP contribution in [0.5, 0.6) is 0 Å². The van der Waals surface area contributed by atoms with Crippen molar-refractivity contribution in [1.82, 2.24) is 19.5 Å². The van der Waals surface area contributed by atoms with Gasteiger partial charge in [0.05, 0.1) is 23.1 Å². The fourth-order valence-corrected chi connectivity index (χ4v) is 4.83. The molecular weight excluding hydrogens is 383 g/mol. The van der Waals surface area contributed by atoms with Crippen LogP contribution in [0.2, 0.25) is 0 Å². The summed E-state index contributed by atoms with van der Waals surface area (Å²) in [6.45, 7) is 0. The molecule has 0 spiro atoms. The number of nitrogens with zero attached hydrogens (tertiary/aromatic N) is 4. The Morgan fingerprint density at radius 2 is 1.86 bits per heavy atom. The van der Waals surface area contributed by atoms with Crippen LogP contribution in [0.1, 0.15) is 44.0 Å². The van der Waals surface area contributed by atoms with Gasteiger partial charge in [-0.25, -0.2) is 19.3 Å². The average molecular weight is 407 g/mol. The van der Waals surface area contributed by atoms with Gasteiger partial charge >= 0.3 is 0 Å². The first-order valence-corrected chi connectivity index (χ1v) is 11.4. The number of benzene rings is 1. The Morgan fingerprint density at radius 3 is 2.62 bits per heavy atom. The van der Waals surface area contributed by atoms with Crippen LogP contribution in [-0.4, -0.2) is 25.8 Å². The number of fused-ring (bicyclic) bond motifs is 1. The smallest absolute Gasteiger partial charge is 0.187 e. The molecule has 1 fully saturated rings. The molecule has 3 aromatic rings. The topological polar surface area (TPSA) is 43.6 Å². The minimum absolute atomic E-state index is 0.238. The van der Waals surface area contributed by atoms with Gasteiger partial charge in [-0.3, -0.25) is 0 Å². The predicted molar refractivity (Wildman–Crippen MR) is 114 cm³/mol. The molecule has 1 aliphatic carbocycles. The SMILES string of the molecule is CSc1nccc(-c2c(-c3ccc(F)cc3)nc3n2[C@H](C=C2CCCC2)CC3)n1. The van der Waals surface area contributed by atoms with Crippen molar-refractivity contribution in [1.29, 1.82) is 0 Å². The number of imidazole rings is 1. The van der Waals surface area contributed by atoms with Crippen LogP contribution >= 0.6 is 11.8 Å². The monoisotopic (exact) mass is 406 g/mol. The van der Waals surface area contributed by atoms with Gasteiger partial charge in [-0.05, 0) is 68.7 Å². The summed E-state index contributed by atoms with van der Waals surface area (Å²) in [6, 6.07) is 8.86. The van der Waals surface area contributed by atoms with Gasteiger partial charge in [0.2, 0.25) is 0 Å². The molecule has 0 saturated heterocycles. The number of rotatable bonds is 4. The van der Waals surface area contributed by atoms with Crippen LogP contribution in [0.4, 0.5) is 4.39 Å². The number of aryl methyl sites for hydroxylation is 1. The molecule has 0 unspecified atom stereocenters. The van der Waals surface area contributed by atoms with Crippen molar-refractivity contribution in [2.45, 2.75) is 49.7 Å². The third-order valence-corrected chi connectivity index (χ3v) is 6.39. The standard InChI is InChI=1S/C23H23FN4S/c1-29-23-25-13-12-19(26-23)22-21(16-6-8-17(24)9-7-16)27-20-11-10-18(28(20)22)14-15-4-2-3-5-15/h6-9,12-14,18H,2-5,10-11H2,1H3/t18-/m0/s1. The van der Waals surface area contributed by atoms with Gasteiger partial charge in [-0.15, -0.1) is 0 Å². The first-order valence-electron chi connectivity index (χ1n) is 10.2. The van der Waals surface area contributed by atoms with Crippen molar-refractivity contribution in [2.75, 3.05) is 6.26 Å². The second kappa shape index (κ2) is 7.75. The number of hydrogen-bond donors (Lipinski definition) is 0. The van der Waals surface area contributed by atoms with Crippen molar-refractivity contribution in [2.24, 2.45) is 0 Å². The van der Waals surface area contributed by atoms with E-state index in [2.05, 4.69) is 15.6 Å². The summed E-state index contributed by atoms with van der Waals surface area (Å²) in [5.41, 5.74) is 5.25. The van der Waals surface area contributed by atoms with Gasteiger partial charge in [0.1, 0.15) is 11.6 Å². The molecule has 6 heteroatoms. The highest BCUT2D eigenvalue weighted by Gasteiger charge is 2.30. The van der Waals surface area contributed by atoms with Gasteiger partial charge in [-0.2, -0.15) is 0 Å². The summed E-state index contributed by atoms with van der Waals surface area (Å²) in [5.74, 6) is 0.848. The number of allylic oxidation sites excluding steroid dienone is 2. The molecule has 2 aromatic heterocycles. The molecule has 29 heavy (non-hydrogen) atoms. The minimum Gasteiger partial charge on any atom is -0.319 e. The zero-order valence-corrected chi connectivity index (χ0v) is 17.3. The van der Waals surface area contributed by atoms with Crippen molar-refractivity contribution in [3.63, 3.8) is 0 Å². The minimum atomic E-state index is -0.238. The number of aromatic nitrogens is 4. The maximum absolute atomic E-state index is 13.5. The van der Waals surface area contributed by atoms with Crippen LogP contribution in [0.25, 0.3) is 22.6 Å². The Balaban J connectivity index is 1.68. The largest absolute Gasteiger partial charge is 0.319 e. The molecule has 148 valence electrons. The van der Waals surface area contributed by atoms with Crippen molar-refractivity contribution >= 4 is 11.8 Å². The van der Waals surface area contributed by atoms with E-state index in [0.29, 0.717) is 6.04 Å². The lowest BCUT2D eigenvalue weighted by Gasteiger charge is -2.15. The molecule has 2 aliphatic rings. The lowest BCUT2D eigenvalue weighted by atomic mass is 10.1. The van der Waals surface area contributed by atoms with Crippen LogP contribution in [0, 0.1) is 5.82 Å². The summed E-state index contributed by atoms with van der Waals surface area (Å²) in [6.07, 6.45) is 13.3. The maximum atomic E-state index is 13.5. The summed E-state index contributed by atoms with van der Waals surface area (Å²) < 4.78 is 15.9. The molecule has 3 heterocycles. The Morgan fingerprint density at radius 1 is 1.07 bits per heavy atom. The molecule has 0 N–H and O–H groups in total. The van der Waals surface area contributed by atoms with Gasteiger partial charge in [0, 0.05) is 18.2 Å². The highest BCUT2D eigenvalue weighted by molar-refractivity contribution is 7.98. The predicted octanol–water partition coefficient (Wildman–Crippen LogP) is 5.86. The molecule has 1 atom stereocenters. The molecule has 1 saturated carbocycles. The first-order chi connectivity index (χ1) is 14.2. The molecule has 1 aliphatic heterocycles. The number of halogens is 1. The maximum Gasteiger partial charge on any atom is 0.187 e. The molecule has 0 amide bonds. The Kier molecular flexibility index (Phi) is 4.96. The number of thioether (sulfide) groups is 1. The summed E-state index contributed by atoms with van der Waals surface area (Å²) in [4.78, 5) is 14.1. The summed E-state index contributed by atoms with van der Waals surface area (Å²) in [5, 5.41) is 0.742. The highest BCUT2D eigenvalue weighted by Crippen LogP contribution is 2.41. The lowest BCUT2D eigenvalue weighted by Crippen LogP contribution is -2.05. The van der Waals surface area contributed by atoms with E-state index in [9.17, 15) is 4.39 Å². The van der Waals surface area contributed by atoms with Gasteiger partial charge < -0.3 is 4.57 Å². The molecule has 4 nitrogen and oxygen atoms in total. The van der Waals surface area contributed by atoms with E-state index in [1.165, 1.54) is 49.6 Å². The normalized spacial score (nSPS) is 18.3. The Hall–Kier alpha value is -2.47. The summed E-state index contributed by atoms with van der Waals surface area (Å²) in [7, 11) is 0. The van der Waals surface area contributed by atoms with E-state index in [0.717, 1.165) is 46.5 Å². The van der Waals surface area contributed by atoms with Gasteiger partial charge in [0.25, 0.3) is 0 Å². The Bertz CT molecular complexity index is 1060. The van der Waals surface area contributed by atoms with Crippen LogP contribution < -0.4 is 0 Å². The fraction of sp³-hybridized carbons (Fsp3) is 0.348. The zero-order valence-electron chi connectivity index (χ0n) is 16.4. The summed E-state index contributed by atoms with van der Waals surface area (Å²) >= 11 is 1.53. The van der Waals surface area contributed by atoms with Crippen molar-refractivity contribution in [3.05, 3.63) is 59.8 Å². The average Bonchev–Trinajstić information content (AvgIpc) is 3.47. The van der Waals surface area contributed by atoms with E-state index in [1.54, 1.807) is 17.7 Å². The van der Waals surface area contributed by atoms with Gasteiger partial charge in [-0.1, -0.05) is 23.4 Å². The number of hydrogen-bond acceptors (Lipinski definition) is 4. The molecule has 0 radical (unpaired) electrons. The van der Waals surface area contributed by atoms with Crippen LogP contribution in [0.15, 0.2) is 53.3 Å². The van der Waals surface area contributed by atoms with Gasteiger partial charge in [0.15, 0.2) is 5.16 Å². The van der Waals surface area contributed by atoms with E-state index < -0.39 is 0 Å². The second-order valence-corrected chi connectivity index (χ2v) is 8.44. The molecule has 5 rings (SSSR count). The second-order valence-electron chi connectivity index (χ2n) is 7.67. The Labute approximate surface area is 174 Å². The molecule has 1 aromatic carbocycles. The lowest BCUT2D eigenvalue weighted by molar-refractivity contribution is 0.628. The first kappa shape index (κ1) is 18.6. The van der Waals surface area contributed by atoms with E-state index >= 15 is 0 Å². The fourth-order valence-electron chi connectivity index (χ4n) is 4.47. The van der Waals surface area contributed by atoms with Crippen LogP contribution in [0.3, 0.4) is 0 Å².